The van der Waals surface area contributed by atoms with Gasteiger partial charge in [-0.3, -0.25) is 14.5 Å². The Labute approximate surface area is 239 Å². The molecular weight excluding hydrogens is 550 g/mol. The molecule has 4 heterocycles. The molecule has 1 saturated heterocycles. The monoisotopic (exact) mass is 585 g/mol. The summed E-state index contributed by atoms with van der Waals surface area (Å²) >= 11 is 1.42. The van der Waals surface area contributed by atoms with Crippen molar-refractivity contribution in [3.05, 3.63) is 63.3 Å². The predicted molar refractivity (Wildman–Crippen MR) is 154 cm³/mol. The van der Waals surface area contributed by atoms with Crippen LogP contribution in [0.5, 0.6) is 0 Å². The summed E-state index contributed by atoms with van der Waals surface area (Å²) in [6.45, 7) is 12.5. The molecule has 2 aliphatic rings. The molecule has 0 saturated carbocycles. The molecule has 10 nitrogen and oxygen atoms in total. The maximum absolute atomic E-state index is 13.7. The molecule has 40 heavy (non-hydrogen) atoms. The third-order valence-corrected chi connectivity index (χ3v) is 10.3. The molecule has 0 spiro atoms. The zero-order valence-electron chi connectivity index (χ0n) is 23.4. The van der Waals surface area contributed by atoms with E-state index in [1.54, 1.807) is 0 Å². The van der Waals surface area contributed by atoms with Crippen LogP contribution in [0.2, 0.25) is 0 Å². The fourth-order valence-electron chi connectivity index (χ4n) is 5.41. The zero-order chi connectivity index (χ0) is 28.8. The van der Waals surface area contributed by atoms with Gasteiger partial charge in [0.1, 0.15) is 5.00 Å². The summed E-state index contributed by atoms with van der Waals surface area (Å²) in [5.41, 5.74) is 3.21. The molecule has 2 unspecified atom stereocenters. The molecule has 214 valence electrons. The third-order valence-electron chi connectivity index (χ3n) is 7.37. The molecule has 2 aromatic heterocycles. The SMILES string of the molecule is CCN1CCc2c(sc(NC(=O)c3ccc(S(=O)(=O)N4CC(C)OC(C)C4)cc3)c2C(=O)n2nc(C)cc2C)C1. The van der Waals surface area contributed by atoms with Gasteiger partial charge in [0.15, 0.2) is 0 Å². The van der Waals surface area contributed by atoms with Crippen molar-refractivity contribution in [3.8, 4) is 0 Å². The number of hydrogen-bond acceptors (Lipinski definition) is 8. The number of carbonyl (C=O) groups excluding carboxylic acids is 2. The van der Waals surface area contributed by atoms with Gasteiger partial charge in [0.25, 0.3) is 11.8 Å². The van der Waals surface area contributed by atoms with Crippen molar-refractivity contribution in [2.45, 2.75) is 64.7 Å². The first-order valence-electron chi connectivity index (χ1n) is 13.5. The summed E-state index contributed by atoms with van der Waals surface area (Å²) in [6, 6.07) is 7.77. The van der Waals surface area contributed by atoms with Gasteiger partial charge in [0, 0.05) is 42.3 Å². The van der Waals surface area contributed by atoms with Crippen LogP contribution in [0.1, 0.15) is 63.3 Å². The first-order valence-corrected chi connectivity index (χ1v) is 15.8. The largest absolute Gasteiger partial charge is 0.373 e. The number of nitrogens with zero attached hydrogens (tertiary/aromatic N) is 4. The minimum Gasteiger partial charge on any atom is -0.373 e. The fourth-order valence-corrected chi connectivity index (χ4v) is 8.28. The molecule has 2 atom stereocenters. The van der Waals surface area contributed by atoms with Gasteiger partial charge in [-0.15, -0.1) is 11.3 Å². The maximum atomic E-state index is 13.7. The highest BCUT2D eigenvalue weighted by molar-refractivity contribution is 7.89. The minimum absolute atomic E-state index is 0.122. The fraction of sp³-hybridized carbons (Fsp3) is 0.464. The number of fused-ring (bicyclic) bond motifs is 1. The number of benzene rings is 1. The molecule has 1 amide bonds. The van der Waals surface area contributed by atoms with E-state index in [0.717, 1.165) is 41.5 Å². The number of ether oxygens (including phenoxy) is 1. The summed E-state index contributed by atoms with van der Waals surface area (Å²) in [7, 11) is -3.73. The smallest absolute Gasteiger partial charge is 0.281 e. The van der Waals surface area contributed by atoms with E-state index in [9.17, 15) is 18.0 Å². The van der Waals surface area contributed by atoms with Crippen molar-refractivity contribution in [3.63, 3.8) is 0 Å². The summed E-state index contributed by atoms with van der Waals surface area (Å²) in [4.78, 5) is 30.6. The highest BCUT2D eigenvalue weighted by Crippen LogP contribution is 2.38. The Hall–Kier alpha value is -2.90. The van der Waals surface area contributed by atoms with Crippen molar-refractivity contribution in [2.24, 2.45) is 0 Å². The van der Waals surface area contributed by atoms with Crippen LogP contribution < -0.4 is 5.32 Å². The van der Waals surface area contributed by atoms with Crippen LogP contribution in [0.15, 0.2) is 35.2 Å². The van der Waals surface area contributed by atoms with Crippen LogP contribution >= 0.6 is 11.3 Å². The number of sulfonamides is 1. The zero-order valence-corrected chi connectivity index (χ0v) is 25.1. The number of rotatable bonds is 6. The second kappa shape index (κ2) is 11.2. The molecule has 3 aromatic rings. The van der Waals surface area contributed by atoms with E-state index in [0.29, 0.717) is 22.5 Å². The molecule has 1 N–H and O–H groups in total. The summed E-state index contributed by atoms with van der Waals surface area (Å²) in [6.07, 6.45) is 0.313. The van der Waals surface area contributed by atoms with Gasteiger partial charge in [-0.1, -0.05) is 6.92 Å². The molecule has 5 rings (SSSR count). The molecule has 12 heteroatoms. The molecule has 1 aromatic carbocycles. The molecule has 1 fully saturated rings. The summed E-state index contributed by atoms with van der Waals surface area (Å²) < 4.78 is 34.9. The van der Waals surface area contributed by atoms with Crippen LogP contribution in [0.4, 0.5) is 5.00 Å². The van der Waals surface area contributed by atoms with E-state index in [4.69, 9.17) is 4.74 Å². The minimum atomic E-state index is -3.73. The quantitative estimate of drug-likeness (QED) is 0.470. The first-order chi connectivity index (χ1) is 19.0. The Kier molecular flexibility index (Phi) is 7.99. The Bertz CT molecular complexity index is 1530. The lowest BCUT2D eigenvalue weighted by atomic mass is 10.0. The second-order valence-corrected chi connectivity index (χ2v) is 13.6. The van der Waals surface area contributed by atoms with E-state index in [1.165, 1.54) is 44.6 Å². The number of aromatic nitrogens is 2. The third kappa shape index (κ3) is 5.51. The van der Waals surface area contributed by atoms with Gasteiger partial charge < -0.3 is 10.1 Å². The Morgan fingerprint density at radius 3 is 2.40 bits per heavy atom. The number of hydrogen-bond donors (Lipinski definition) is 1. The van der Waals surface area contributed by atoms with E-state index in [-0.39, 0.29) is 36.1 Å². The van der Waals surface area contributed by atoms with Crippen molar-refractivity contribution in [1.82, 2.24) is 19.0 Å². The summed E-state index contributed by atoms with van der Waals surface area (Å²) in [5.74, 6) is -0.676. The van der Waals surface area contributed by atoms with Gasteiger partial charge in [0.2, 0.25) is 10.0 Å². The Morgan fingerprint density at radius 1 is 1.12 bits per heavy atom. The summed E-state index contributed by atoms with van der Waals surface area (Å²) in [5, 5.41) is 7.82. The van der Waals surface area contributed by atoms with Crippen molar-refractivity contribution in [1.29, 1.82) is 0 Å². The highest BCUT2D eigenvalue weighted by atomic mass is 32.2. The number of aryl methyl sites for hydroxylation is 2. The van der Waals surface area contributed by atoms with E-state index in [2.05, 4.69) is 22.2 Å². The number of anilines is 1. The lowest BCUT2D eigenvalue weighted by molar-refractivity contribution is -0.0440. The second-order valence-electron chi connectivity index (χ2n) is 10.5. The van der Waals surface area contributed by atoms with Crippen molar-refractivity contribution in [2.75, 3.05) is 31.5 Å². The lowest BCUT2D eigenvalue weighted by Gasteiger charge is -2.34. The maximum Gasteiger partial charge on any atom is 0.281 e. The average Bonchev–Trinajstić information content (AvgIpc) is 3.45. The van der Waals surface area contributed by atoms with Gasteiger partial charge in [0.05, 0.1) is 28.4 Å². The number of carbonyl (C=O) groups is 2. The van der Waals surface area contributed by atoms with Gasteiger partial charge >= 0.3 is 0 Å². The Morgan fingerprint density at radius 2 is 1.80 bits per heavy atom. The van der Waals surface area contributed by atoms with Crippen LogP contribution in [-0.4, -0.2) is 77.6 Å². The Balaban J connectivity index is 1.42. The average molecular weight is 586 g/mol. The highest BCUT2D eigenvalue weighted by Gasteiger charge is 2.33. The molecule has 0 bridgehead atoms. The van der Waals surface area contributed by atoms with Crippen LogP contribution in [0.25, 0.3) is 0 Å². The van der Waals surface area contributed by atoms with Crippen molar-refractivity contribution < 1.29 is 22.7 Å². The standard InChI is InChI=1S/C28H35N5O5S2/c1-6-31-12-11-23-24(16-31)39-27(25(23)28(35)33-18(3)13-17(2)30-33)29-26(34)21-7-9-22(10-8-21)40(36,37)32-14-19(4)38-20(5)15-32/h7-10,13,19-20H,6,11-12,14-16H2,1-5H3,(H,29,34). The molecular formula is C28H35N5O5S2. The molecule has 0 aliphatic carbocycles. The van der Waals surface area contributed by atoms with Gasteiger partial charge in [-0.05, 0) is 76.6 Å². The number of nitrogens with one attached hydrogen (secondary N) is 1. The molecule has 0 radical (unpaired) electrons. The number of likely N-dealkylation sites (N-methyl/N-ethyl adjacent to an activating group) is 1. The van der Waals surface area contributed by atoms with Crippen LogP contribution in [-0.2, 0) is 27.7 Å². The van der Waals surface area contributed by atoms with Crippen molar-refractivity contribution >= 4 is 38.2 Å². The lowest BCUT2D eigenvalue weighted by Crippen LogP contribution is -2.48. The predicted octanol–water partition coefficient (Wildman–Crippen LogP) is 3.68. The van der Waals surface area contributed by atoms with Gasteiger partial charge in [-0.2, -0.15) is 9.40 Å². The molecule has 2 aliphatic heterocycles. The topological polar surface area (TPSA) is 114 Å². The number of morpholine rings is 1. The van der Waals surface area contributed by atoms with E-state index >= 15 is 0 Å². The number of amides is 1. The van der Waals surface area contributed by atoms with E-state index < -0.39 is 15.9 Å². The van der Waals surface area contributed by atoms with Gasteiger partial charge in [-0.25, -0.2) is 13.1 Å². The van der Waals surface area contributed by atoms with Crippen LogP contribution in [0.3, 0.4) is 0 Å². The van der Waals surface area contributed by atoms with Crippen LogP contribution in [0, 0.1) is 13.8 Å². The normalized spacial score (nSPS) is 20.3. The number of thiophene rings is 1. The first kappa shape index (κ1) is 28.6. The van der Waals surface area contributed by atoms with E-state index in [1.807, 2.05) is 33.8 Å².